The van der Waals surface area contributed by atoms with E-state index in [-0.39, 0.29) is 0 Å². The Hall–Kier alpha value is -0.810. The molecule has 1 aliphatic rings. The van der Waals surface area contributed by atoms with Crippen LogP contribution >= 0.6 is 0 Å². The molecule has 0 spiro atoms. The number of nitriles is 1. The lowest BCUT2D eigenvalue weighted by Gasteiger charge is -2.20. The van der Waals surface area contributed by atoms with Crippen LogP contribution in [0, 0.1) is 17.2 Å². The Morgan fingerprint density at radius 2 is 2.18 bits per heavy atom. The van der Waals surface area contributed by atoms with Crippen molar-refractivity contribution >= 4 is 0 Å². The normalized spacial score (nSPS) is 20.3. The van der Waals surface area contributed by atoms with E-state index >= 15 is 0 Å². The summed E-state index contributed by atoms with van der Waals surface area (Å²) in [5, 5.41) is 8.23. The molecule has 0 aliphatic carbocycles. The first-order valence-corrected chi connectivity index (χ1v) is 4.06. The molecule has 11 heavy (non-hydrogen) atoms. The van der Waals surface area contributed by atoms with Gasteiger partial charge in [0.25, 0.3) is 0 Å². The topological polar surface area (TPSA) is 33.0 Å². The molecule has 0 radical (unpaired) electrons. The summed E-state index contributed by atoms with van der Waals surface area (Å²) >= 11 is 0. The molecule has 0 amide bonds. The molecule has 0 saturated carbocycles. The third-order valence-electron chi connectivity index (χ3n) is 2.00. The molecule has 1 heterocycles. The number of hydrogen-bond donors (Lipinski definition) is 0. The Bertz CT molecular complexity index is 163. The van der Waals surface area contributed by atoms with Gasteiger partial charge in [0.05, 0.1) is 6.07 Å². The lowest BCUT2D eigenvalue weighted by atomic mass is 9.96. The molecule has 0 aromatic heterocycles. The highest BCUT2D eigenvalue weighted by Crippen LogP contribution is 2.18. The molecular formula is C9H13NO. The molecule has 0 atom stereocenters. The first-order valence-electron chi connectivity index (χ1n) is 4.06. The van der Waals surface area contributed by atoms with E-state index in [9.17, 15) is 0 Å². The lowest BCUT2D eigenvalue weighted by molar-refractivity contribution is 0.0673. The maximum atomic E-state index is 8.23. The standard InChI is InChI=1S/C9H13NO/c10-6-2-1-3-9-4-7-11-8-5-9/h1-2,9H,3-5,7-8H2. The second kappa shape index (κ2) is 4.92. The van der Waals surface area contributed by atoms with E-state index < -0.39 is 0 Å². The molecular weight excluding hydrogens is 138 g/mol. The number of rotatable bonds is 2. The maximum absolute atomic E-state index is 8.23. The van der Waals surface area contributed by atoms with Crippen LogP contribution in [0.15, 0.2) is 12.2 Å². The van der Waals surface area contributed by atoms with Gasteiger partial charge in [-0.1, -0.05) is 6.08 Å². The average molecular weight is 151 g/mol. The largest absolute Gasteiger partial charge is 0.381 e. The van der Waals surface area contributed by atoms with Crippen molar-refractivity contribution in [3.63, 3.8) is 0 Å². The van der Waals surface area contributed by atoms with Gasteiger partial charge in [-0.2, -0.15) is 5.26 Å². The second-order valence-electron chi connectivity index (χ2n) is 2.82. The van der Waals surface area contributed by atoms with Gasteiger partial charge in [-0.15, -0.1) is 0 Å². The molecule has 0 N–H and O–H groups in total. The van der Waals surface area contributed by atoms with Gasteiger partial charge in [0, 0.05) is 19.3 Å². The van der Waals surface area contributed by atoms with E-state index in [1.54, 1.807) is 6.08 Å². The lowest BCUT2D eigenvalue weighted by Crippen LogP contribution is -2.14. The van der Waals surface area contributed by atoms with Gasteiger partial charge < -0.3 is 4.74 Å². The zero-order chi connectivity index (χ0) is 7.94. The summed E-state index contributed by atoms with van der Waals surface area (Å²) < 4.78 is 5.22. The van der Waals surface area contributed by atoms with Crippen LogP contribution in [0.25, 0.3) is 0 Å². The van der Waals surface area contributed by atoms with Crippen molar-refractivity contribution in [2.24, 2.45) is 5.92 Å². The van der Waals surface area contributed by atoms with Crippen LogP contribution in [0.1, 0.15) is 19.3 Å². The van der Waals surface area contributed by atoms with E-state index in [1.807, 2.05) is 12.1 Å². The van der Waals surface area contributed by atoms with Crippen LogP contribution in [0.5, 0.6) is 0 Å². The van der Waals surface area contributed by atoms with Crippen molar-refractivity contribution in [1.29, 1.82) is 5.26 Å². The van der Waals surface area contributed by atoms with Gasteiger partial charge in [0.15, 0.2) is 0 Å². The first-order chi connectivity index (χ1) is 5.43. The summed E-state index contributed by atoms with van der Waals surface area (Å²) in [6.07, 6.45) is 6.86. The molecule has 0 aromatic carbocycles. The zero-order valence-corrected chi connectivity index (χ0v) is 6.62. The Kier molecular flexibility index (Phi) is 3.71. The molecule has 2 heteroatoms. The van der Waals surface area contributed by atoms with Crippen LogP contribution in [0.4, 0.5) is 0 Å². The van der Waals surface area contributed by atoms with Crippen molar-refractivity contribution in [1.82, 2.24) is 0 Å². The van der Waals surface area contributed by atoms with Crippen LogP contribution < -0.4 is 0 Å². The molecule has 1 saturated heterocycles. The minimum absolute atomic E-state index is 0.744. The first kappa shape index (κ1) is 8.29. The smallest absolute Gasteiger partial charge is 0.0908 e. The number of nitrogens with zero attached hydrogens (tertiary/aromatic N) is 1. The Morgan fingerprint density at radius 3 is 2.82 bits per heavy atom. The molecule has 1 aliphatic heterocycles. The van der Waals surface area contributed by atoms with Crippen molar-refractivity contribution in [3.05, 3.63) is 12.2 Å². The van der Waals surface area contributed by atoms with Crippen LogP contribution in [0.2, 0.25) is 0 Å². The van der Waals surface area contributed by atoms with Crippen LogP contribution in [0.3, 0.4) is 0 Å². The summed E-state index contributed by atoms with van der Waals surface area (Å²) in [5.41, 5.74) is 0. The quantitative estimate of drug-likeness (QED) is 0.564. The number of hydrogen-bond acceptors (Lipinski definition) is 2. The third-order valence-corrected chi connectivity index (χ3v) is 2.00. The fraction of sp³-hybridized carbons (Fsp3) is 0.667. The molecule has 1 rings (SSSR count). The van der Waals surface area contributed by atoms with E-state index in [0.29, 0.717) is 0 Å². The predicted octanol–water partition coefficient (Wildman–Crippen LogP) is 1.88. The molecule has 0 bridgehead atoms. The van der Waals surface area contributed by atoms with E-state index in [0.717, 1.165) is 38.4 Å². The van der Waals surface area contributed by atoms with Gasteiger partial charge >= 0.3 is 0 Å². The average Bonchev–Trinajstić information content (AvgIpc) is 2.07. The van der Waals surface area contributed by atoms with Crippen LogP contribution in [-0.4, -0.2) is 13.2 Å². The highest BCUT2D eigenvalue weighted by molar-refractivity contribution is 5.01. The summed E-state index contributed by atoms with van der Waals surface area (Å²) in [7, 11) is 0. The summed E-state index contributed by atoms with van der Waals surface area (Å²) in [4.78, 5) is 0. The highest BCUT2D eigenvalue weighted by atomic mass is 16.5. The number of allylic oxidation sites excluding steroid dienone is 2. The zero-order valence-electron chi connectivity index (χ0n) is 6.62. The molecule has 60 valence electrons. The van der Waals surface area contributed by atoms with Crippen molar-refractivity contribution < 1.29 is 4.74 Å². The Morgan fingerprint density at radius 1 is 1.45 bits per heavy atom. The molecule has 2 nitrogen and oxygen atoms in total. The van der Waals surface area contributed by atoms with Crippen molar-refractivity contribution in [3.8, 4) is 6.07 Å². The van der Waals surface area contributed by atoms with Crippen molar-refractivity contribution in [2.45, 2.75) is 19.3 Å². The summed E-state index contributed by atoms with van der Waals surface area (Å²) in [6.45, 7) is 1.79. The maximum Gasteiger partial charge on any atom is 0.0908 e. The summed E-state index contributed by atoms with van der Waals surface area (Å²) in [6, 6.07) is 2.00. The SMILES string of the molecule is N#CC=CCC1CCOCC1. The molecule has 0 unspecified atom stereocenters. The summed E-state index contributed by atoms with van der Waals surface area (Å²) in [5.74, 6) is 0.744. The van der Waals surface area contributed by atoms with E-state index in [4.69, 9.17) is 10.00 Å². The molecule has 1 fully saturated rings. The van der Waals surface area contributed by atoms with Gasteiger partial charge in [0.1, 0.15) is 0 Å². The second-order valence-corrected chi connectivity index (χ2v) is 2.82. The third kappa shape index (κ3) is 3.20. The number of ether oxygens (including phenoxy) is 1. The monoisotopic (exact) mass is 151 g/mol. The predicted molar refractivity (Wildman–Crippen MR) is 42.9 cm³/mol. The molecule has 0 aromatic rings. The van der Waals surface area contributed by atoms with Crippen LogP contribution in [-0.2, 0) is 4.74 Å². The minimum Gasteiger partial charge on any atom is -0.381 e. The minimum atomic E-state index is 0.744. The van der Waals surface area contributed by atoms with E-state index in [2.05, 4.69) is 0 Å². The van der Waals surface area contributed by atoms with E-state index in [1.165, 1.54) is 0 Å². The fourth-order valence-corrected chi connectivity index (χ4v) is 1.30. The van der Waals surface area contributed by atoms with Gasteiger partial charge in [-0.05, 0) is 25.2 Å². The Balaban J connectivity index is 2.15. The Labute approximate surface area is 67.5 Å². The van der Waals surface area contributed by atoms with Crippen molar-refractivity contribution in [2.75, 3.05) is 13.2 Å². The van der Waals surface area contributed by atoms with Gasteiger partial charge in [-0.3, -0.25) is 0 Å². The van der Waals surface area contributed by atoms with Gasteiger partial charge in [-0.25, -0.2) is 0 Å². The van der Waals surface area contributed by atoms with Gasteiger partial charge in [0.2, 0.25) is 0 Å². The fourth-order valence-electron chi connectivity index (χ4n) is 1.30. The highest BCUT2D eigenvalue weighted by Gasteiger charge is 2.11.